The van der Waals surface area contributed by atoms with Crippen molar-refractivity contribution < 1.29 is 4.74 Å². The summed E-state index contributed by atoms with van der Waals surface area (Å²) in [6.07, 6.45) is 7.56. The van der Waals surface area contributed by atoms with Crippen molar-refractivity contribution in [2.45, 2.75) is 44.6 Å². The molecule has 3 rings (SSSR count). The Morgan fingerprint density at radius 2 is 1.73 bits per heavy atom. The third kappa shape index (κ3) is 4.27. The van der Waals surface area contributed by atoms with Gasteiger partial charge in [-0.3, -0.25) is 0 Å². The van der Waals surface area contributed by atoms with E-state index in [2.05, 4.69) is 46.3 Å². The molecule has 0 radical (unpaired) electrons. The molecule has 2 aromatic carbocycles. The fourth-order valence-corrected chi connectivity index (χ4v) is 3.55. The SMILES string of the molecule is Clc1ccc(Br)cc1Cc1ccc(OC2CCCCC2)cc1. The van der Waals surface area contributed by atoms with Crippen molar-refractivity contribution >= 4 is 27.5 Å². The molecule has 0 bridgehead atoms. The van der Waals surface area contributed by atoms with Crippen LogP contribution in [0.3, 0.4) is 0 Å². The van der Waals surface area contributed by atoms with Crippen molar-refractivity contribution in [1.29, 1.82) is 0 Å². The zero-order valence-electron chi connectivity index (χ0n) is 12.5. The van der Waals surface area contributed by atoms with Crippen LogP contribution in [0.1, 0.15) is 43.2 Å². The van der Waals surface area contributed by atoms with Crippen LogP contribution in [0.25, 0.3) is 0 Å². The highest BCUT2D eigenvalue weighted by atomic mass is 79.9. The minimum atomic E-state index is 0.402. The smallest absolute Gasteiger partial charge is 0.119 e. The number of hydrogen-bond acceptors (Lipinski definition) is 1. The predicted octanol–water partition coefficient (Wildman–Crippen LogP) is 6.40. The van der Waals surface area contributed by atoms with Crippen LogP contribution < -0.4 is 4.74 Å². The van der Waals surface area contributed by atoms with Gasteiger partial charge in [-0.15, -0.1) is 0 Å². The maximum Gasteiger partial charge on any atom is 0.119 e. The number of halogens is 2. The molecule has 0 aliphatic heterocycles. The lowest BCUT2D eigenvalue weighted by atomic mass is 9.98. The molecule has 2 aromatic rings. The molecule has 3 heteroatoms. The molecule has 0 unspecified atom stereocenters. The Morgan fingerprint density at radius 3 is 2.45 bits per heavy atom. The van der Waals surface area contributed by atoms with E-state index >= 15 is 0 Å². The largest absolute Gasteiger partial charge is 0.490 e. The van der Waals surface area contributed by atoms with Gasteiger partial charge < -0.3 is 4.74 Å². The molecular weight excluding hydrogens is 360 g/mol. The molecule has 1 aliphatic rings. The first-order valence-corrected chi connectivity index (χ1v) is 9.07. The third-order valence-corrected chi connectivity index (χ3v) is 5.04. The summed E-state index contributed by atoms with van der Waals surface area (Å²) < 4.78 is 7.13. The van der Waals surface area contributed by atoms with E-state index in [1.165, 1.54) is 37.7 Å². The summed E-state index contributed by atoms with van der Waals surface area (Å²) in [5.74, 6) is 0.982. The summed E-state index contributed by atoms with van der Waals surface area (Å²) in [7, 11) is 0. The molecule has 0 amide bonds. The molecule has 1 saturated carbocycles. The van der Waals surface area contributed by atoms with E-state index in [4.69, 9.17) is 16.3 Å². The molecule has 1 fully saturated rings. The van der Waals surface area contributed by atoms with Gasteiger partial charge in [0.2, 0.25) is 0 Å². The van der Waals surface area contributed by atoms with Gasteiger partial charge in [-0.25, -0.2) is 0 Å². The summed E-state index contributed by atoms with van der Waals surface area (Å²) in [6.45, 7) is 0. The molecule has 0 heterocycles. The second kappa shape index (κ2) is 7.52. The van der Waals surface area contributed by atoms with Crippen LogP contribution in [0, 0.1) is 0 Å². The highest BCUT2D eigenvalue weighted by molar-refractivity contribution is 9.10. The van der Waals surface area contributed by atoms with Gasteiger partial charge in [-0.2, -0.15) is 0 Å². The second-order valence-electron chi connectivity index (χ2n) is 5.93. The Balaban J connectivity index is 1.64. The van der Waals surface area contributed by atoms with Gasteiger partial charge in [0.25, 0.3) is 0 Å². The quantitative estimate of drug-likeness (QED) is 0.597. The van der Waals surface area contributed by atoms with Crippen molar-refractivity contribution in [2.75, 3.05) is 0 Å². The van der Waals surface area contributed by atoms with E-state index in [9.17, 15) is 0 Å². The summed E-state index contributed by atoms with van der Waals surface area (Å²) in [6, 6.07) is 14.4. The Bertz CT molecular complexity index is 618. The topological polar surface area (TPSA) is 9.23 Å². The maximum absolute atomic E-state index is 6.26. The fourth-order valence-electron chi connectivity index (χ4n) is 2.96. The fraction of sp³-hybridized carbons (Fsp3) is 0.368. The Morgan fingerprint density at radius 1 is 1.00 bits per heavy atom. The maximum atomic E-state index is 6.26. The van der Waals surface area contributed by atoms with E-state index in [1.54, 1.807) is 0 Å². The number of hydrogen-bond donors (Lipinski definition) is 0. The first kappa shape index (κ1) is 15.9. The molecule has 0 atom stereocenters. The van der Waals surface area contributed by atoms with E-state index in [0.29, 0.717) is 6.10 Å². The van der Waals surface area contributed by atoms with Gasteiger partial charge in [0, 0.05) is 9.50 Å². The van der Waals surface area contributed by atoms with Crippen molar-refractivity contribution in [3.05, 3.63) is 63.1 Å². The minimum Gasteiger partial charge on any atom is -0.490 e. The molecule has 1 nitrogen and oxygen atoms in total. The Kier molecular flexibility index (Phi) is 5.43. The van der Waals surface area contributed by atoms with E-state index in [1.807, 2.05) is 12.1 Å². The standard InChI is InChI=1S/C19H20BrClO/c20-16-8-11-19(21)15(13-16)12-14-6-9-18(10-7-14)22-17-4-2-1-3-5-17/h6-11,13,17H,1-5,12H2. The summed E-state index contributed by atoms with van der Waals surface area (Å²) in [5.41, 5.74) is 2.38. The van der Waals surface area contributed by atoms with Gasteiger partial charge in [0.15, 0.2) is 0 Å². The first-order chi connectivity index (χ1) is 10.7. The molecule has 22 heavy (non-hydrogen) atoms. The van der Waals surface area contributed by atoms with Crippen LogP contribution in [0.15, 0.2) is 46.9 Å². The Labute approximate surface area is 145 Å². The van der Waals surface area contributed by atoms with Crippen LogP contribution in [0.4, 0.5) is 0 Å². The van der Waals surface area contributed by atoms with E-state index in [-0.39, 0.29) is 0 Å². The van der Waals surface area contributed by atoms with E-state index in [0.717, 1.165) is 27.2 Å². The average molecular weight is 380 g/mol. The lowest BCUT2D eigenvalue weighted by Gasteiger charge is -2.23. The molecule has 1 aliphatic carbocycles. The van der Waals surface area contributed by atoms with Gasteiger partial charge in [0.1, 0.15) is 5.75 Å². The zero-order valence-corrected chi connectivity index (χ0v) is 14.9. The van der Waals surface area contributed by atoms with Crippen LogP contribution in [-0.4, -0.2) is 6.10 Å². The van der Waals surface area contributed by atoms with Gasteiger partial charge in [-0.1, -0.05) is 46.1 Å². The summed E-state index contributed by atoms with van der Waals surface area (Å²) in [5, 5.41) is 0.811. The second-order valence-corrected chi connectivity index (χ2v) is 7.26. The van der Waals surface area contributed by atoms with Crippen LogP contribution in [-0.2, 0) is 6.42 Å². The van der Waals surface area contributed by atoms with Gasteiger partial charge in [0.05, 0.1) is 6.10 Å². The molecule has 0 aromatic heterocycles. The zero-order chi connectivity index (χ0) is 15.4. The highest BCUT2D eigenvalue weighted by Gasteiger charge is 2.14. The first-order valence-electron chi connectivity index (χ1n) is 7.90. The monoisotopic (exact) mass is 378 g/mol. The molecule has 0 N–H and O–H groups in total. The predicted molar refractivity (Wildman–Crippen MR) is 95.9 cm³/mol. The van der Waals surface area contributed by atoms with Gasteiger partial charge in [-0.05, 0) is 73.6 Å². The third-order valence-electron chi connectivity index (χ3n) is 4.18. The molecular formula is C19H20BrClO. The van der Waals surface area contributed by atoms with Gasteiger partial charge >= 0.3 is 0 Å². The molecule has 116 valence electrons. The van der Waals surface area contributed by atoms with Crippen molar-refractivity contribution in [3.8, 4) is 5.75 Å². The lowest BCUT2D eigenvalue weighted by molar-refractivity contribution is 0.155. The van der Waals surface area contributed by atoms with Crippen LogP contribution >= 0.6 is 27.5 Å². The summed E-state index contributed by atoms with van der Waals surface area (Å²) >= 11 is 9.76. The minimum absolute atomic E-state index is 0.402. The number of rotatable bonds is 4. The number of benzene rings is 2. The van der Waals surface area contributed by atoms with Crippen molar-refractivity contribution in [2.24, 2.45) is 0 Å². The van der Waals surface area contributed by atoms with Crippen molar-refractivity contribution in [1.82, 2.24) is 0 Å². The Hall–Kier alpha value is -0.990. The molecule has 0 spiro atoms. The van der Waals surface area contributed by atoms with Crippen molar-refractivity contribution in [3.63, 3.8) is 0 Å². The normalized spacial score (nSPS) is 15.7. The number of ether oxygens (including phenoxy) is 1. The van der Waals surface area contributed by atoms with E-state index < -0.39 is 0 Å². The lowest BCUT2D eigenvalue weighted by Crippen LogP contribution is -2.19. The van der Waals surface area contributed by atoms with Crippen LogP contribution in [0.2, 0.25) is 5.02 Å². The summed E-state index contributed by atoms with van der Waals surface area (Å²) in [4.78, 5) is 0. The highest BCUT2D eigenvalue weighted by Crippen LogP contribution is 2.26. The van der Waals surface area contributed by atoms with Crippen LogP contribution in [0.5, 0.6) is 5.75 Å². The molecule has 0 saturated heterocycles. The average Bonchev–Trinajstić information content (AvgIpc) is 2.54.